The van der Waals surface area contributed by atoms with E-state index in [9.17, 15) is 4.79 Å². The summed E-state index contributed by atoms with van der Waals surface area (Å²) in [7, 11) is 0. The van der Waals surface area contributed by atoms with E-state index in [0.717, 1.165) is 0 Å². The highest BCUT2D eigenvalue weighted by molar-refractivity contribution is 5.80. The summed E-state index contributed by atoms with van der Waals surface area (Å²) >= 11 is 0. The van der Waals surface area contributed by atoms with Crippen LogP contribution in [0.15, 0.2) is 0 Å². The standard InChI is InChI=1S/C7H16N2O3/c1-6(12-5-2-8)7(11)9-3-4-10/h6,10H,2-5,8H2,1H3,(H,9,11). The van der Waals surface area contributed by atoms with Gasteiger partial charge in [0, 0.05) is 13.1 Å². The third-order valence-corrected chi connectivity index (χ3v) is 1.27. The minimum Gasteiger partial charge on any atom is -0.395 e. The Morgan fingerprint density at radius 3 is 2.92 bits per heavy atom. The molecule has 1 unspecified atom stereocenters. The van der Waals surface area contributed by atoms with Crippen LogP contribution in [-0.2, 0) is 9.53 Å². The summed E-state index contributed by atoms with van der Waals surface area (Å²) in [5.74, 6) is -0.225. The Labute approximate surface area is 71.9 Å². The average molecular weight is 176 g/mol. The molecule has 5 nitrogen and oxygen atoms in total. The molecule has 0 saturated heterocycles. The molecule has 12 heavy (non-hydrogen) atoms. The van der Waals surface area contributed by atoms with E-state index in [-0.39, 0.29) is 19.1 Å². The van der Waals surface area contributed by atoms with Gasteiger partial charge in [-0.15, -0.1) is 0 Å². The van der Waals surface area contributed by atoms with Gasteiger partial charge in [0.25, 0.3) is 0 Å². The van der Waals surface area contributed by atoms with E-state index in [0.29, 0.717) is 13.2 Å². The van der Waals surface area contributed by atoms with Gasteiger partial charge in [0.15, 0.2) is 0 Å². The summed E-state index contributed by atoms with van der Waals surface area (Å²) in [4.78, 5) is 11.0. The molecule has 0 fully saturated rings. The van der Waals surface area contributed by atoms with E-state index in [1.165, 1.54) is 0 Å². The maximum Gasteiger partial charge on any atom is 0.248 e. The van der Waals surface area contributed by atoms with Crippen LogP contribution in [0.2, 0.25) is 0 Å². The first-order chi connectivity index (χ1) is 5.72. The largest absolute Gasteiger partial charge is 0.395 e. The van der Waals surface area contributed by atoms with E-state index in [1.54, 1.807) is 6.92 Å². The summed E-state index contributed by atoms with van der Waals surface area (Å²) < 4.78 is 5.03. The van der Waals surface area contributed by atoms with E-state index >= 15 is 0 Å². The van der Waals surface area contributed by atoms with Crippen LogP contribution in [0.25, 0.3) is 0 Å². The second-order valence-corrected chi connectivity index (χ2v) is 2.32. The molecule has 0 radical (unpaired) electrons. The number of ether oxygens (including phenoxy) is 1. The van der Waals surface area contributed by atoms with Crippen LogP contribution in [0.5, 0.6) is 0 Å². The number of hydrogen-bond acceptors (Lipinski definition) is 4. The maximum absolute atomic E-state index is 11.0. The number of nitrogens with one attached hydrogen (secondary N) is 1. The molecule has 0 aromatic carbocycles. The molecule has 0 bridgehead atoms. The third-order valence-electron chi connectivity index (χ3n) is 1.27. The number of amides is 1. The molecule has 0 rings (SSSR count). The smallest absolute Gasteiger partial charge is 0.248 e. The molecule has 1 amide bonds. The fourth-order valence-corrected chi connectivity index (χ4v) is 0.643. The van der Waals surface area contributed by atoms with Gasteiger partial charge < -0.3 is 20.9 Å². The monoisotopic (exact) mass is 176 g/mol. The average Bonchev–Trinajstić information content (AvgIpc) is 2.10. The Bertz CT molecular complexity index is 130. The lowest BCUT2D eigenvalue weighted by atomic mass is 10.4. The zero-order chi connectivity index (χ0) is 9.40. The molecule has 0 spiro atoms. The molecule has 5 heteroatoms. The molecule has 1 atom stereocenters. The Hall–Kier alpha value is -0.650. The number of hydrogen-bond donors (Lipinski definition) is 3. The summed E-state index contributed by atoms with van der Waals surface area (Å²) in [5.41, 5.74) is 5.18. The van der Waals surface area contributed by atoms with Gasteiger partial charge in [-0.3, -0.25) is 4.79 Å². The summed E-state index contributed by atoms with van der Waals surface area (Å²) in [6, 6.07) is 0. The van der Waals surface area contributed by atoms with Crippen LogP contribution in [0.4, 0.5) is 0 Å². The molecule has 0 aliphatic heterocycles. The quantitative estimate of drug-likeness (QED) is 0.458. The molecule has 0 aliphatic rings. The van der Waals surface area contributed by atoms with Crippen molar-refractivity contribution in [2.24, 2.45) is 5.73 Å². The van der Waals surface area contributed by atoms with Crippen LogP contribution in [0, 0.1) is 0 Å². The summed E-state index contributed by atoms with van der Waals surface area (Å²) in [6.07, 6.45) is -0.500. The van der Waals surface area contributed by atoms with E-state index in [1.807, 2.05) is 0 Å². The molecular weight excluding hydrogens is 160 g/mol. The Morgan fingerprint density at radius 2 is 2.42 bits per heavy atom. The fourth-order valence-electron chi connectivity index (χ4n) is 0.643. The first kappa shape index (κ1) is 11.4. The van der Waals surface area contributed by atoms with E-state index in [2.05, 4.69) is 5.32 Å². The number of nitrogens with two attached hydrogens (primary N) is 1. The lowest BCUT2D eigenvalue weighted by Crippen LogP contribution is -2.36. The fraction of sp³-hybridized carbons (Fsp3) is 0.857. The van der Waals surface area contributed by atoms with E-state index in [4.69, 9.17) is 15.6 Å². The van der Waals surface area contributed by atoms with Gasteiger partial charge in [0.1, 0.15) is 6.10 Å². The predicted octanol–water partition coefficient (Wildman–Crippen LogP) is -1.54. The van der Waals surface area contributed by atoms with Crippen molar-refractivity contribution in [2.45, 2.75) is 13.0 Å². The molecule has 0 aliphatic carbocycles. The molecule has 4 N–H and O–H groups in total. The number of rotatable bonds is 6. The highest BCUT2D eigenvalue weighted by Gasteiger charge is 2.10. The van der Waals surface area contributed by atoms with Crippen LogP contribution >= 0.6 is 0 Å². The van der Waals surface area contributed by atoms with Gasteiger partial charge in [-0.25, -0.2) is 0 Å². The first-order valence-corrected chi connectivity index (χ1v) is 3.92. The first-order valence-electron chi connectivity index (χ1n) is 3.92. The van der Waals surface area contributed by atoms with Crippen molar-refractivity contribution in [1.82, 2.24) is 5.32 Å². The number of aliphatic hydroxyl groups excluding tert-OH is 1. The van der Waals surface area contributed by atoms with Gasteiger partial charge in [-0.2, -0.15) is 0 Å². The summed E-state index contributed by atoms with van der Waals surface area (Å²) in [5, 5.41) is 10.9. The second kappa shape index (κ2) is 7.02. The van der Waals surface area contributed by atoms with Crippen molar-refractivity contribution in [3.63, 3.8) is 0 Å². The minimum absolute atomic E-state index is 0.0602. The van der Waals surface area contributed by atoms with Crippen molar-refractivity contribution < 1.29 is 14.6 Å². The normalized spacial score (nSPS) is 12.6. The highest BCUT2D eigenvalue weighted by atomic mass is 16.5. The lowest BCUT2D eigenvalue weighted by molar-refractivity contribution is -0.131. The van der Waals surface area contributed by atoms with Crippen LogP contribution in [0.3, 0.4) is 0 Å². The third kappa shape index (κ3) is 5.06. The highest BCUT2D eigenvalue weighted by Crippen LogP contribution is 1.88. The van der Waals surface area contributed by atoms with Crippen molar-refractivity contribution in [3.8, 4) is 0 Å². The van der Waals surface area contributed by atoms with Gasteiger partial charge in [-0.1, -0.05) is 0 Å². The summed E-state index contributed by atoms with van der Waals surface area (Å²) in [6.45, 7) is 2.61. The zero-order valence-electron chi connectivity index (χ0n) is 7.25. The van der Waals surface area contributed by atoms with Crippen molar-refractivity contribution in [3.05, 3.63) is 0 Å². The SMILES string of the molecule is CC(OCCN)C(=O)NCCO. The maximum atomic E-state index is 11.0. The van der Waals surface area contributed by atoms with Crippen LogP contribution in [0.1, 0.15) is 6.92 Å². The second-order valence-electron chi connectivity index (χ2n) is 2.32. The Kier molecular flexibility index (Phi) is 6.64. The predicted molar refractivity (Wildman–Crippen MR) is 44.6 cm³/mol. The Morgan fingerprint density at radius 1 is 1.75 bits per heavy atom. The minimum atomic E-state index is -0.500. The van der Waals surface area contributed by atoms with Crippen LogP contribution < -0.4 is 11.1 Å². The van der Waals surface area contributed by atoms with Gasteiger partial charge in [0.2, 0.25) is 5.91 Å². The molecule has 0 saturated carbocycles. The van der Waals surface area contributed by atoms with Crippen LogP contribution in [-0.4, -0.2) is 43.4 Å². The van der Waals surface area contributed by atoms with Gasteiger partial charge in [-0.05, 0) is 6.92 Å². The number of carbonyl (C=O) groups excluding carboxylic acids is 1. The number of carbonyl (C=O) groups is 1. The lowest BCUT2D eigenvalue weighted by Gasteiger charge is -2.11. The molecule has 0 heterocycles. The molecule has 0 aromatic heterocycles. The van der Waals surface area contributed by atoms with Crippen molar-refractivity contribution in [2.75, 3.05) is 26.3 Å². The Balaban J connectivity index is 3.47. The number of aliphatic hydroxyl groups is 1. The molecular formula is C7H16N2O3. The molecule has 0 aromatic rings. The van der Waals surface area contributed by atoms with Crippen molar-refractivity contribution >= 4 is 5.91 Å². The molecule has 72 valence electrons. The van der Waals surface area contributed by atoms with Gasteiger partial charge >= 0.3 is 0 Å². The van der Waals surface area contributed by atoms with Crippen molar-refractivity contribution in [1.29, 1.82) is 0 Å². The van der Waals surface area contributed by atoms with Gasteiger partial charge in [0.05, 0.1) is 13.2 Å². The van der Waals surface area contributed by atoms with E-state index < -0.39 is 6.10 Å². The zero-order valence-corrected chi connectivity index (χ0v) is 7.25. The topological polar surface area (TPSA) is 84.6 Å².